The summed E-state index contributed by atoms with van der Waals surface area (Å²) in [6.07, 6.45) is -6.99. The molecule has 0 radical (unpaired) electrons. The number of nitrogens with zero attached hydrogens (tertiary/aromatic N) is 1. The molecule has 1 heterocycles. The van der Waals surface area contributed by atoms with Gasteiger partial charge in [-0.2, -0.15) is 13.2 Å². The Balaban J connectivity index is 1.91. The quantitative estimate of drug-likeness (QED) is 0.885. The summed E-state index contributed by atoms with van der Waals surface area (Å²) in [6, 6.07) is 9.58. The lowest BCUT2D eigenvalue weighted by Gasteiger charge is -2.20. The van der Waals surface area contributed by atoms with Crippen molar-refractivity contribution in [1.82, 2.24) is 5.16 Å². The average Bonchev–Trinajstić information content (AvgIpc) is 2.88. The van der Waals surface area contributed by atoms with E-state index >= 15 is 0 Å². The summed E-state index contributed by atoms with van der Waals surface area (Å²) >= 11 is 0. The second-order valence-corrected chi connectivity index (χ2v) is 4.90. The van der Waals surface area contributed by atoms with Crippen LogP contribution >= 0.6 is 0 Å². The third kappa shape index (κ3) is 5.41. The molecule has 0 bridgehead atoms. The average molecular weight is 328 g/mol. The van der Waals surface area contributed by atoms with E-state index in [1.165, 1.54) is 6.07 Å². The zero-order chi connectivity index (χ0) is 16.9. The van der Waals surface area contributed by atoms with Gasteiger partial charge in [-0.1, -0.05) is 35.5 Å². The first-order valence-electron chi connectivity index (χ1n) is 6.80. The fourth-order valence-corrected chi connectivity index (χ4v) is 1.88. The number of anilines is 1. The van der Waals surface area contributed by atoms with Crippen LogP contribution < -0.4 is 5.32 Å². The van der Waals surface area contributed by atoms with Crippen molar-refractivity contribution >= 4 is 11.7 Å². The fourth-order valence-electron chi connectivity index (χ4n) is 1.88. The molecule has 1 N–H and O–H groups in total. The molecule has 2 aromatic rings. The van der Waals surface area contributed by atoms with Gasteiger partial charge in [0.2, 0.25) is 0 Å². The van der Waals surface area contributed by atoms with Crippen LogP contribution in [0, 0.1) is 6.92 Å². The molecule has 0 spiro atoms. The number of carbonyl (C=O) groups is 1. The Morgan fingerprint density at radius 3 is 2.61 bits per heavy atom. The maximum atomic E-state index is 13.0. The van der Waals surface area contributed by atoms with E-state index in [0.29, 0.717) is 11.3 Å². The highest BCUT2D eigenvalue weighted by Crippen LogP contribution is 2.26. The van der Waals surface area contributed by atoms with Crippen LogP contribution in [0.4, 0.5) is 19.0 Å². The molecule has 0 aliphatic heterocycles. The number of carbonyl (C=O) groups excluding carboxylic acids is 1. The van der Waals surface area contributed by atoms with Gasteiger partial charge in [0.05, 0.1) is 0 Å². The van der Waals surface area contributed by atoms with Crippen LogP contribution in [0.25, 0.3) is 0 Å². The summed E-state index contributed by atoms with van der Waals surface area (Å²) in [6.45, 7) is 0.890. The maximum absolute atomic E-state index is 13.0. The van der Waals surface area contributed by atoms with Gasteiger partial charge in [-0.05, 0) is 12.5 Å². The minimum Gasteiger partial charge on any atom is -0.360 e. The van der Waals surface area contributed by atoms with Crippen LogP contribution in [0.3, 0.4) is 0 Å². The van der Waals surface area contributed by atoms with E-state index in [9.17, 15) is 18.0 Å². The number of nitrogens with one attached hydrogen (secondary N) is 1. The number of hydrogen-bond acceptors (Lipinski definition) is 4. The van der Waals surface area contributed by atoms with Gasteiger partial charge in [-0.3, -0.25) is 4.79 Å². The van der Waals surface area contributed by atoms with Crippen LogP contribution in [0.15, 0.2) is 40.9 Å². The number of alkyl halides is 3. The van der Waals surface area contributed by atoms with E-state index in [1.807, 2.05) is 0 Å². The van der Waals surface area contributed by atoms with Crippen molar-refractivity contribution in [3.63, 3.8) is 0 Å². The van der Waals surface area contributed by atoms with Gasteiger partial charge >= 0.3 is 6.18 Å². The SMILES string of the molecule is Cc1cc(NC(=O)CO[C@@H](Cc2ccccc2)C(F)(F)F)no1. The lowest BCUT2D eigenvalue weighted by molar-refractivity contribution is -0.218. The third-order valence-corrected chi connectivity index (χ3v) is 2.94. The summed E-state index contributed by atoms with van der Waals surface area (Å²) < 4.78 is 48.5. The molecule has 0 aliphatic rings. The number of benzene rings is 1. The standard InChI is InChI=1S/C15H15F3N2O3/c1-10-7-13(20-23-10)19-14(21)9-22-12(15(16,17)18)8-11-5-3-2-4-6-11/h2-7,12H,8-9H2,1H3,(H,19,20,21)/t12-/m0/s1. The summed E-state index contributed by atoms with van der Waals surface area (Å²) in [5.41, 5.74) is 0.474. The van der Waals surface area contributed by atoms with Crippen molar-refractivity contribution < 1.29 is 27.2 Å². The predicted octanol–water partition coefficient (Wildman–Crippen LogP) is 3.11. The number of aryl methyl sites for hydroxylation is 1. The van der Waals surface area contributed by atoms with Crippen molar-refractivity contribution in [3.05, 3.63) is 47.7 Å². The number of amides is 1. The highest BCUT2D eigenvalue weighted by molar-refractivity contribution is 5.90. The first-order chi connectivity index (χ1) is 10.8. The van der Waals surface area contributed by atoms with Crippen molar-refractivity contribution in [2.45, 2.75) is 25.6 Å². The summed E-state index contributed by atoms with van der Waals surface area (Å²) in [5.74, 6) is -0.137. The minimum absolute atomic E-state index is 0.128. The van der Waals surface area contributed by atoms with E-state index < -0.39 is 24.8 Å². The molecule has 0 unspecified atom stereocenters. The molecular formula is C15H15F3N2O3. The largest absolute Gasteiger partial charge is 0.414 e. The molecule has 1 amide bonds. The summed E-state index contributed by atoms with van der Waals surface area (Å²) in [4.78, 5) is 11.6. The Morgan fingerprint density at radius 1 is 1.35 bits per heavy atom. The molecule has 1 aromatic carbocycles. The molecule has 2 rings (SSSR count). The van der Waals surface area contributed by atoms with Gasteiger partial charge in [0.1, 0.15) is 12.4 Å². The summed E-state index contributed by atoms with van der Waals surface area (Å²) in [5, 5.41) is 5.81. The maximum Gasteiger partial charge on any atom is 0.414 e. The first kappa shape index (κ1) is 17.0. The van der Waals surface area contributed by atoms with Crippen LogP contribution in [-0.4, -0.2) is 30.0 Å². The predicted molar refractivity (Wildman–Crippen MR) is 75.8 cm³/mol. The molecule has 0 saturated heterocycles. The topological polar surface area (TPSA) is 64.4 Å². The number of hydrogen-bond donors (Lipinski definition) is 1. The van der Waals surface area contributed by atoms with Gasteiger partial charge in [0.15, 0.2) is 11.9 Å². The molecule has 8 heteroatoms. The Morgan fingerprint density at radius 2 is 2.04 bits per heavy atom. The lowest BCUT2D eigenvalue weighted by atomic mass is 10.1. The Labute approximate surface area is 130 Å². The van der Waals surface area contributed by atoms with E-state index in [1.54, 1.807) is 37.3 Å². The van der Waals surface area contributed by atoms with Gasteiger partial charge in [-0.25, -0.2) is 0 Å². The molecule has 5 nitrogen and oxygen atoms in total. The van der Waals surface area contributed by atoms with Crippen LogP contribution in [0.2, 0.25) is 0 Å². The zero-order valence-corrected chi connectivity index (χ0v) is 12.3. The first-order valence-corrected chi connectivity index (χ1v) is 6.80. The van der Waals surface area contributed by atoms with Crippen LogP contribution in [0.5, 0.6) is 0 Å². The monoisotopic (exact) mass is 328 g/mol. The Kier molecular flexibility index (Phi) is 5.38. The summed E-state index contributed by atoms with van der Waals surface area (Å²) in [7, 11) is 0. The fraction of sp³-hybridized carbons (Fsp3) is 0.333. The van der Waals surface area contributed by atoms with E-state index in [4.69, 9.17) is 9.26 Å². The van der Waals surface area contributed by atoms with E-state index in [0.717, 1.165) is 0 Å². The number of rotatable bonds is 6. The highest BCUT2D eigenvalue weighted by atomic mass is 19.4. The van der Waals surface area contributed by atoms with Crippen LogP contribution in [-0.2, 0) is 16.0 Å². The molecule has 23 heavy (non-hydrogen) atoms. The molecule has 1 aromatic heterocycles. The molecule has 124 valence electrons. The normalized spacial score (nSPS) is 12.9. The van der Waals surface area contributed by atoms with Crippen LogP contribution in [0.1, 0.15) is 11.3 Å². The smallest absolute Gasteiger partial charge is 0.360 e. The number of ether oxygens (including phenoxy) is 1. The number of halogens is 3. The van der Waals surface area contributed by atoms with Crippen molar-refractivity contribution in [3.8, 4) is 0 Å². The second kappa shape index (κ2) is 7.28. The van der Waals surface area contributed by atoms with Gasteiger partial charge in [0, 0.05) is 12.5 Å². The van der Waals surface area contributed by atoms with Crippen molar-refractivity contribution in [1.29, 1.82) is 0 Å². The molecular weight excluding hydrogens is 313 g/mol. The highest BCUT2D eigenvalue weighted by Gasteiger charge is 2.40. The Hall–Kier alpha value is -2.35. The van der Waals surface area contributed by atoms with Crippen molar-refractivity contribution in [2.75, 3.05) is 11.9 Å². The minimum atomic E-state index is -4.57. The van der Waals surface area contributed by atoms with E-state index in [-0.39, 0.29) is 12.2 Å². The second-order valence-electron chi connectivity index (χ2n) is 4.90. The van der Waals surface area contributed by atoms with Gasteiger partial charge in [-0.15, -0.1) is 0 Å². The molecule has 0 fully saturated rings. The zero-order valence-electron chi connectivity index (χ0n) is 12.3. The van der Waals surface area contributed by atoms with Gasteiger partial charge in [0.25, 0.3) is 5.91 Å². The van der Waals surface area contributed by atoms with E-state index in [2.05, 4.69) is 10.5 Å². The van der Waals surface area contributed by atoms with Crippen molar-refractivity contribution in [2.24, 2.45) is 0 Å². The van der Waals surface area contributed by atoms with Gasteiger partial charge < -0.3 is 14.6 Å². The molecule has 0 saturated carbocycles. The lowest BCUT2D eigenvalue weighted by Crippen LogP contribution is -2.36. The molecule has 0 aliphatic carbocycles. The third-order valence-electron chi connectivity index (χ3n) is 2.94. The Bertz CT molecular complexity index is 641. The number of aromatic nitrogens is 1. The molecule has 1 atom stereocenters.